The molecular weight excluding hydrogens is 406 g/mol. The van der Waals surface area contributed by atoms with Gasteiger partial charge in [0.1, 0.15) is 17.8 Å². The van der Waals surface area contributed by atoms with Crippen LogP contribution >= 0.6 is 0 Å². The molecule has 0 spiro atoms. The van der Waals surface area contributed by atoms with Crippen LogP contribution in [0.5, 0.6) is 17.4 Å². The summed E-state index contributed by atoms with van der Waals surface area (Å²) >= 11 is 0. The number of nitrogens with one attached hydrogen (secondary N) is 1. The third kappa shape index (κ3) is 4.39. The fourth-order valence-corrected chi connectivity index (χ4v) is 3.65. The molecule has 0 aliphatic heterocycles. The summed E-state index contributed by atoms with van der Waals surface area (Å²) in [6, 6.07) is 16.0. The largest absolute Gasteiger partial charge is 0.497 e. The van der Waals surface area contributed by atoms with E-state index < -0.39 is 10.0 Å². The molecule has 2 aromatic heterocycles. The van der Waals surface area contributed by atoms with Gasteiger partial charge >= 0.3 is 0 Å². The molecule has 2 aromatic carbocycles. The van der Waals surface area contributed by atoms with Crippen LogP contribution in [0.25, 0.3) is 5.82 Å². The molecule has 0 fully saturated rings. The third-order valence-corrected chi connectivity index (χ3v) is 5.46. The van der Waals surface area contributed by atoms with Gasteiger partial charge in [-0.2, -0.15) is 5.10 Å². The van der Waals surface area contributed by atoms with E-state index in [-0.39, 0.29) is 4.90 Å². The van der Waals surface area contributed by atoms with Crippen LogP contribution < -0.4 is 14.2 Å². The Balaban J connectivity index is 1.46. The number of hydrogen-bond donors (Lipinski definition) is 1. The highest BCUT2D eigenvalue weighted by atomic mass is 32.2. The number of benzene rings is 2. The van der Waals surface area contributed by atoms with Crippen molar-refractivity contribution < 1.29 is 17.9 Å². The van der Waals surface area contributed by atoms with Gasteiger partial charge in [-0.1, -0.05) is 0 Å². The Hall–Kier alpha value is -3.92. The molecule has 4 aromatic rings. The van der Waals surface area contributed by atoms with Crippen molar-refractivity contribution >= 4 is 15.7 Å². The van der Waals surface area contributed by atoms with E-state index in [9.17, 15) is 8.42 Å². The molecule has 0 saturated heterocycles. The predicted molar refractivity (Wildman–Crippen MR) is 109 cm³/mol. The molecule has 0 atom stereocenters. The van der Waals surface area contributed by atoms with E-state index in [1.165, 1.54) is 25.6 Å². The fourth-order valence-electron chi connectivity index (χ4n) is 2.60. The molecule has 30 heavy (non-hydrogen) atoms. The zero-order valence-corrected chi connectivity index (χ0v) is 16.7. The third-order valence-electron chi connectivity index (χ3n) is 4.07. The minimum atomic E-state index is -3.72. The maximum Gasteiger partial charge on any atom is 0.261 e. The van der Waals surface area contributed by atoms with E-state index in [4.69, 9.17) is 9.47 Å². The second-order valence-corrected chi connectivity index (χ2v) is 7.75. The summed E-state index contributed by atoms with van der Waals surface area (Å²) < 4.78 is 39.9. The van der Waals surface area contributed by atoms with Crippen LogP contribution in [-0.2, 0) is 10.0 Å². The summed E-state index contributed by atoms with van der Waals surface area (Å²) in [6.07, 6.45) is 4.79. The number of anilines is 1. The number of ether oxygens (including phenoxy) is 2. The highest BCUT2D eigenvalue weighted by Gasteiger charge is 2.14. The first-order valence-electron chi connectivity index (χ1n) is 8.80. The predicted octanol–water partition coefficient (Wildman–Crippen LogP) is 3.26. The fraction of sp³-hybridized carbons (Fsp3) is 0.0500. The summed E-state index contributed by atoms with van der Waals surface area (Å²) in [4.78, 5) is 8.36. The molecule has 0 radical (unpaired) electrons. The Morgan fingerprint density at radius 1 is 0.967 bits per heavy atom. The molecule has 0 saturated carbocycles. The Labute approximate surface area is 173 Å². The monoisotopic (exact) mass is 423 g/mol. The van der Waals surface area contributed by atoms with Crippen LogP contribution in [0.3, 0.4) is 0 Å². The second kappa shape index (κ2) is 8.21. The Morgan fingerprint density at radius 3 is 2.37 bits per heavy atom. The van der Waals surface area contributed by atoms with E-state index in [1.54, 1.807) is 65.6 Å². The van der Waals surface area contributed by atoms with Gasteiger partial charge in [-0.25, -0.2) is 23.1 Å². The van der Waals surface area contributed by atoms with Gasteiger partial charge in [0, 0.05) is 24.1 Å². The van der Waals surface area contributed by atoms with Crippen molar-refractivity contribution in [3.8, 4) is 23.2 Å². The first-order valence-corrected chi connectivity index (χ1v) is 10.3. The minimum absolute atomic E-state index is 0.135. The summed E-state index contributed by atoms with van der Waals surface area (Å²) in [5, 5.41) is 4.11. The number of nitrogens with zero attached hydrogens (tertiary/aromatic N) is 4. The van der Waals surface area contributed by atoms with Gasteiger partial charge in [-0.3, -0.25) is 4.72 Å². The zero-order valence-electron chi connectivity index (χ0n) is 15.8. The molecule has 4 rings (SSSR count). The van der Waals surface area contributed by atoms with Crippen molar-refractivity contribution in [3.63, 3.8) is 0 Å². The summed E-state index contributed by atoms with van der Waals surface area (Å²) in [5.41, 5.74) is 0.401. The van der Waals surface area contributed by atoms with E-state index in [0.29, 0.717) is 28.9 Å². The van der Waals surface area contributed by atoms with Crippen LogP contribution in [0.15, 0.2) is 84.3 Å². The van der Waals surface area contributed by atoms with Crippen LogP contribution in [0, 0.1) is 0 Å². The molecule has 2 heterocycles. The van der Waals surface area contributed by atoms with E-state index in [2.05, 4.69) is 19.8 Å². The molecule has 0 amide bonds. The molecule has 0 aliphatic carbocycles. The first kappa shape index (κ1) is 19.4. The SMILES string of the molecule is COc1ccc(S(=O)(=O)Nc2ccc(Oc3cc(-n4cccn4)ncn3)cc2)cc1. The maximum atomic E-state index is 12.5. The normalized spacial score (nSPS) is 11.1. The van der Waals surface area contributed by atoms with Crippen LogP contribution in [0.2, 0.25) is 0 Å². The Kier molecular flexibility index (Phi) is 5.31. The van der Waals surface area contributed by atoms with Gasteiger partial charge in [0.2, 0.25) is 5.88 Å². The summed E-state index contributed by atoms with van der Waals surface area (Å²) in [5.74, 6) is 1.97. The lowest BCUT2D eigenvalue weighted by Crippen LogP contribution is -2.12. The van der Waals surface area contributed by atoms with E-state index in [1.807, 2.05) is 0 Å². The molecular formula is C20H17N5O4S. The van der Waals surface area contributed by atoms with Crippen molar-refractivity contribution in [1.29, 1.82) is 0 Å². The van der Waals surface area contributed by atoms with E-state index in [0.717, 1.165) is 0 Å². The number of aromatic nitrogens is 4. The molecule has 10 heteroatoms. The standard InChI is InChI=1S/C20H17N5O4S/c1-28-16-7-9-18(10-8-16)30(26,27)24-15-3-5-17(6-4-15)29-20-13-19(21-14-22-20)25-12-2-11-23-25/h2-14,24H,1H3. The number of hydrogen-bond acceptors (Lipinski definition) is 7. The molecule has 9 nitrogen and oxygen atoms in total. The van der Waals surface area contributed by atoms with Gasteiger partial charge in [-0.05, 0) is 54.6 Å². The topological polar surface area (TPSA) is 108 Å². The van der Waals surface area contributed by atoms with Gasteiger partial charge in [-0.15, -0.1) is 0 Å². The summed E-state index contributed by atoms with van der Waals surface area (Å²) in [7, 11) is -2.20. The minimum Gasteiger partial charge on any atom is -0.497 e. The van der Waals surface area contributed by atoms with Gasteiger partial charge < -0.3 is 9.47 Å². The number of rotatable bonds is 7. The quantitative estimate of drug-likeness (QED) is 0.486. The second-order valence-electron chi connectivity index (χ2n) is 6.07. The Bertz CT molecular complexity index is 1230. The molecule has 152 valence electrons. The molecule has 0 aliphatic rings. The molecule has 0 unspecified atom stereocenters. The average molecular weight is 423 g/mol. The number of sulfonamides is 1. The number of methoxy groups -OCH3 is 1. The molecule has 0 bridgehead atoms. The zero-order chi connectivity index (χ0) is 21.0. The highest BCUT2D eigenvalue weighted by molar-refractivity contribution is 7.92. The first-order chi connectivity index (χ1) is 14.5. The van der Waals surface area contributed by atoms with Crippen molar-refractivity contribution in [3.05, 3.63) is 79.4 Å². The summed E-state index contributed by atoms with van der Waals surface area (Å²) in [6.45, 7) is 0. The van der Waals surface area contributed by atoms with Crippen molar-refractivity contribution in [2.75, 3.05) is 11.8 Å². The van der Waals surface area contributed by atoms with Crippen molar-refractivity contribution in [1.82, 2.24) is 19.7 Å². The highest BCUT2D eigenvalue weighted by Crippen LogP contribution is 2.24. The smallest absolute Gasteiger partial charge is 0.261 e. The van der Waals surface area contributed by atoms with Gasteiger partial charge in [0.25, 0.3) is 10.0 Å². The van der Waals surface area contributed by atoms with Crippen molar-refractivity contribution in [2.24, 2.45) is 0 Å². The van der Waals surface area contributed by atoms with Crippen LogP contribution in [0.1, 0.15) is 0 Å². The average Bonchev–Trinajstić information content (AvgIpc) is 3.30. The van der Waals surface area contributed by atoms with Gasteiger partial charge in [0.15, 0.2) is 5.82 Å². The van der Waals surface area contributed by atoms with Crippen LogP contribution in [0.4, 0.5) is 5.69 Å². The maximum absolute atomic E-state index is 12.5. The lowest BCUT2D eigenvalue weighted by atomic mass is 10.3. The van der Waals surface area contributed by atoms with Crippen molar-refractivity contribution in [2.45, 2.75) is 4.90 Å². The molecule has 1 N–H and O–H groups in total. The lowest BCUT2D eigenvalue weighted by Gasteiger charge is -2.10. The van der Waals surface area contributed by atoms with E-state index >= 15 is 0 Å². The van der Waals surface area contributed by atoms with Gasteiger partial charge in [0.05, 0.1) is 12.0 Å². The van der Waals surface area contributed by atoms with Crippen LogP contribution in [-0.4, -0.2) is 35.3 Å². The Morgan fingerprint density at radius 2 is 1.70 bits per heavy atom. The lowest BCUT2D eigenvalue weighted by molar-refractivity contribution is 0.414.